The SMILES string of the molecule is C=CCS(=O)(=O)C1SC(=O)N(CCCC)C1=O. The molecule has 0 aliphatic carbocycles. The molecule has 1 rings (SSSR count). The lowest BCUT2D eigenvalue weighted by molar-refractivity contribution is -0.125. The number of rotatable bonds is 6. The lowest BCUT2D eigenvalue weighted by atomic mass is 10.3. The molecule has 1 aliphatic rings. The number of amides is 2. The molecule has 2 amide bonds. The maximum absolute atomic E-state index is 11.8. The molecule has 0 spiro atoms. The van der Waals surface area contributed by atoms with Crippen LogP contribution in [-0.2, 0) is 14.6 Å². The summed E-state index contributed by atoms with van der Waals surface area (Å²) in [6, 6.07) is 0. The smallest absolute Gasteiger partial charge is 0.272 e. The molecular formula is C10H15NO4S2. The topological polar surface area (TPSA) is 71.5 Å². The zero-order valence-electron chi connectivity index (χ0n) is 9.59. The molecule has 1 fully saturated rings. The van der Waals surface area contributed by atoms with Crippen LogP contribution in [0.2, 0.25) is 0 Å². The predicted molar refractivity (Wildman–Crippen MR) is 67.4 cm³/mol. The summed E-state index contributed by atoms with van der Waals surface area (Å²) in [5, 5.41) is -0.471. The van der Waals surface area contributed by atoms with Gasteiger partial charge in [0.05, 0.1) is 5.75 Å². The van der Waals surface area contributed by atoms with E-state index < -0.39 is 25.6 Å². The summed E-state index contributed by atoms with van der Waals surface area (Å²) in [6.45, 7) is 5.56. The Hall–Kier alpha value is -0.820. The van der Waals surface area contributed by atoms with Gasteiger partial charge in [0.15, 0.2) is 14.4 Å². The fraction of sp³-hybridized carbons (Fsp3) is 0.600. The van der Waals surface area contributed by atoms with E-state index in [0.717, 1.165) is 11.3 Å². The van der Waals surface area contributed by atoms with Crippen molar-refractivity contribution in [2.45, 2.75) is 24.3 Å². The Balaban J connectivity index is 2.84. The van der Waals surface area contributed by atoms with Crippen molar-refractivity contribution in [1.29, 1.82) is 0 Å². The van der Waals surface area contributed by atoms with E-state index in [4.69, 9.17) is 0 Å². The summed E-state index contributed by atoms with van der Waals surface area (Å²) in [5.74, 6) is -0.902. The molecule has 1 saturated heterocycles. The van der Waals surface area contributed by atoms with Gasteiger partial charge in [-0.1, -0.05) is 19.4 Å². The second-order valence-corrected chi connectivity index (χ2v) is 7.16. The number of unbranched alkanes of at least 4 members (excludes halogenated alkanes) is 1. The number of sulfone groups is 1. The van der Waals surface area contributed by atoms with E-state index in [9.17, 15) is 18.0 Å². The summed E-state index contributed by atoms with van der Waals surface area (Å²) in [7, 11) is -3.62. The summed E-state index contributed by atoms with van der Waals surface area (Å²) >= 11 is 0.581. The van der Waals surface area contributed by atoms with Crippen LogP contribution in [-0.4, -0.2) is 41.3 Å². The normalized spacial score (nSPS) is 21.0. The number of nitrogens with zero attached hydrogens (tertiary/aromatic N) is 1. The quantitative estimate of drug-likeness (QED) is 0.686. The van der Waals surface area contributed by atoms with Gasteiger partial charge in [0.2, 0.25) is 0 Å². The van der Waals surface area contributed by atoms with Gasteiger partial charge in [-0.2, -0.15) is 0 Å². The number of carbonyl (C=O) groups excluding carboxylic acids is 2. The molecule has 0 aromatic heterocycles. The van der Waals surface area contributed by atoms with Crippen LogP contribution < -0.4 is 0 Å². The molecule has 1 aliphatic heterocycles. The van der Waals surface area contributed by atoms with Gasteiger partial charge >= 0.3 is 0 Å². The van der Waals surface area contributed by atoms with Gasteiger partial charge in [0.1, 0.15) is 0 Å². The first-order valence-electron chi connectivity index (χ1n) is 5.28. The molecule has 0 aromatic rings. The minimum absolute atomic E-state index is 0.286. The molecule has 1 atom stereocenters. The Labute approximate surface area is 105 Å². The molecule has 0 N–H and O–H groups in total. The Kier molecular flexibility index (Phi) is 4.76. The third-order valence-corrected chi connectivity index (χ3v) is 5.87. The van der Waals surface area contributed by atoms with E-state index in [2.05, 4.69) is 6.58 Å². The lowest BCUT2D eigenvalue weighted by Gasteiger charge is -2.12. The maximum Gasteiger partial charge on any atom is 0.290 e. The van der Waals surface area contributed by atoms with Crippen LogP contribution in [0.15, 0.2) is 12.7 Å². The van der Waals surface area contributed by atoms with Crippen molar-refractivity contribution >= 4 is 32.7 Å². The Morgan fingerprint density at radius 2 is 2.12 bits per heavy atom. The first-order chi connectivity index (χ1) is 7.94. The second kappa shape index (κ2) is 5.68. The van der Waals surface area contributed by atoms with Crippen molar-refractivity contribution < 1.29 is 18.0 Å². The number of carbonyl (C=O) groups is 2. The number of hydrogen-bond acceptors (Lipinski definition) is 5. The molecule has 7 heteroatoms. The van der Waals surface area contributed by atoms with E-state index in [1.807, 2.05) is 6.92 Å². The van der Waals surface area contributed by atoms with Crippen molar-refractivity contribution in [3.8, 4) is 0 Å². The fourth-order valence-corrected chi connectivity index (χ4v) is 4.15. The summed E-state index contributed by atoms with van der Waals surface area (Å²) < 4.78 is 22.1. The standard InChI is InChI=1S/C10H15NO4S2/c1-3-5-6-11-8(12)9(16-10(11)13)17(14,15)7-4-2/h4,9H,2-3,5-7H2,1H3. The molecule has 0 saturated carbocycles. The third-order valence-electron chi connectivity index (χ3n) is 2.31. The van der Waals surface area contributed by atoms with Gasteiger partial charge in [0, 0.05) is 6.54 Å². The fourth-order valence-electron chi connectivity index (χ4n) is 1.42. The van der Waals surface area contributed by atoms with Crippen molar-refractivity contribution in [2.75, 3.05) is 12.3 Å². The van der Waals surface area contributed by atoms with Crippen LogP contribution in [0.3, 0.4) is 0 Å². The Morgan fingerprint density at radius 3 is 2.65 bits per heavy atom. The molecule has 1 unspecified atom stereocenters. The average Bonchev–Trinajstić information content (AvgIpc) is 2.53. The van der Waals surface area contributed by atoms with Gasteiger partial charge in [-0.05, 0) is 18.2 Å². The Bertz CT molecular complexity index is 430. The number of thioether (sulfide) groups is 1. The average molecular weight is 277 g/mol. The number of imide groups is 1. The largest absolute Gasteiger partial charge is 0.290 e. The molecular weight excluding hydrogens is 262 g/mol. The van der Waals surface area contributed by atoms with Crippen LogP contribution in [0.5, 0.6) is 0 Å². The first kappa shape index (κ1) is 14.2. The van der Waals surface area contributed by atoms with Gasteiger partial charge in [-0.3, -0.25) is 14.5 Å². The van der Waals surface area contributed by atoms with Crippen molar-refractivity contribution in [3.05, 3.63) is 12.7 Å². The van der Waals surface area contributed by atoms with E-state index in [-0.39, 0.29) is 5.75 Å². The van der Waals surface area contributed by atoms with Crippen LogP contribution in [0, 0.1) is 0 Å². The van der Waals surface area contributed by atoms with Gasteiger partial charge < -0.3 is 0 Å². The molecule has 1 heterocycles. The molecule has 0 bridgehead atoms. The van der Waals surface area contributed by atoms with Gasteiger partial charge in [0.25, 0.3) is 11.1 Å². The second-order valence-electron chi connectivity index (χ2n) is 3.68. The zero-order valence-corrected chi connectivity index (χ0v) is 11.2. The highest BCUT2D eigenvalue weighted by Gasteiger charge is 2.46. The highest BCUT2D eigenvalue weighted by molar-refractivity contribution is 8.24. The van der Waals surface area contributed by atoms with E-state index >= 15 is 0 Å². The van der Waals surface area contributed by atoms with Gasteiger partial charge in [-0.25, -0.2) is 8.42 Å². The minimum atomic E-state index is -3.62. The Morgan fingerprint density at radius 1 is 1.47 bits per heavy atom. The number of hydrogen-bond donors (Lipinski definition) is 0. The minimum Gasteiger partial charge on any atom is -0.272 e. The molecule has 5 nitrogen and oxygen atoms in total. The summed E-state index contributed by atoms with van der Waals surface area (Å²) in [5.41, 5.74) is 0. The summed E-state index contributed by atoms with van der Waals surface area (Å²) in [6.07, 6.45) is 2.75. The van der Waals surface area contributed by atoms with Crippen molar-refractivity contribution in [1.82, 2.24) is 4.90 Å². The van der Waals surface area contributed by atoms with Crippen LogP contribution in [0.1, 0.15) is 19.8 Å². The van der Waals surface area contributed by atoms with Crippen molar-refractivity contribution in [2.24, 2.45) is 0 Å². The maximum atomic E-state index is 11.8. The molecule has 0 radical (unpaired) electrons. The van der Waals surface area contributed by atoms with Gasteiger partial charge in [-0.15, -0.1) is 6.58 Å². The van der Waals surface area contributed by atoms with E-state index in [1.54, 1.807) is 0 Å². The first-order valence-corrected chi connectivity index (χ1v) is 7.88. The lowest BCUT2D eigenvalue weighted by Crippen LogP contribution is -2.35. The van der Waals surface area contributed by atoms with Crippen LogP contribution in [0.25, 0.3) is 0 Å². The zero-order chi connectivity index (χ0) is 13.1. The third kappa shape index (κ3) is 3.10. The van der Waals surface area contributed by atoms with Crippen molar-refractivity contribution in [3.63, 3.8) is 0 Å². The highest BCUT2D eigenvalue weighted by atomic mass is 32.3. The molecule has 96 valence electrons. The monoisotopic (exact) mass is 277 g/mol. The predicted octanol–water partition coefficient (Wildman–Crippen LogP) is 1.41. The van der Waals surface area contributed by atoms with E-state index in [0.29, 0.717) is 24.7 Å². The highest BCUT2D eigenvalue weighted by Crippen LogP contribution is 2.31. The molecule has 0 aromatic carbocycles. The van der Waals surface area contributed by atoms with E-state index in [1.165, 1.54) is 6.08 Å². The molecule has 17 heavy (non-hydrogen) atoms. The summed E-state index contributed by atoms with van der Waals surface area (Å²) in [4.78, 5) is 24.4. The van der Waals surface area contributed by atoms with Crippen LogP contribution >= 0.6 is 11.8 Å². The van der Waals surface area contributed by atoms with Crippen LogP contribution in [0.4, 0.5) is 4.79 Å².